The van der Waals surface area contributed by atoms with Crippen LogP contribution in [0.3, 0.4) is 0 Å². The van der Waals surface area contributed by atoms with Crippen molar-refractivity contribution in [1.82, 2.24) is 9.80 Å². The summed E-state index contributed by atoms with van der Waals surface area (Å²) in [6.07, 6.45) is 4.05. The Hall–Kier alpha value is -1.10. The second-order valence-corrected chi connectivity index (χ2v) is 6.23. The van der Waals surface area contributed by atoms with Crippen LogP contribution < -0.4 is 0 Å². The first-order chi connectivity index (χ1) is 9.54. The van der Waals surface area contributed by atoms with E-state index >= 15 is 0 Å². The molecule has 2 fully saturated rings. The molecular formula is C15H26N2O3. The molecule has 5 nitrogen and oxygen atoms in total. The highest BCUT2D eigenvalue weighted by atomic mass is 16.3. The monoisotopic (exact) mass is 282 g/mol. The van der Waals surface area contributed by atoms with Crippen LogP contribution >= 0.6 is 0 Å². The van der Waals surface area contributed by atoms with Crippen molar-refractivity contribution in [2.24, 2.45) is 5.92 Å². The van der Waals surface area contributed by atoms with Gasteiger partial charge in [0.25, 0.3) is 0 Å². The number of carbonyl (C=O) groups excluding carboxylic acids is 2. The highest BCUT2D eigenvalue weighted by Crippen LogP contribution is 2.28. The Kier molecular flexibility index (Phi) is 5.02. The molecule has 0 radical (unpaired) electrons. The predicted molar refractivity (Wildman–Crippen MR) is 76.0 cm³/mol. The van der Waals surface area contributed by atoms with Crippen LogP contribution in [0.4, 0.5) is 0 Å². The van der Waals surface area contributed by atoms with E-state index in [1.807, 2.05) is 18.7 Å². The predicted octanol–water partition coefficient (Wildman–Crippen LogP) is 1.01. The van der Waals surface area contributed by atoms with Gasteiger partial charge in [-0.1, -0.05) is 0 Å². The van der Waals surface area contributed by atoms with Gasteiger partial charge in [-0.25, -0.2) is 0 Å². The summed E-state index contributed by atoms with van der Waals surface area (Å²) in [5.41, 5.74) is 0. The zero-order valence-electron chi connectivity index (χ0n) is 12.5. The second-order valence-electron chi connectivity index (χ2n) is 6.23. The molecule has 2 heterocycles. The summed E-state index contributed by atoms with van der Waals surface area (Å²) in [5.74, 6) is 0.0750. The van der Waals surface area contributed by atoms with Gasteiger partial charge in [-0.15, -0.1) is 0 Å². The number of aliphatic hydroxyl groups excluding tert-OH is 1. The van der Waals surface area contributed by atoms with Crippen molar-refractivity contribution in [2.45, 2.75) is 58.0 Å². The van der Waals surface area contributed by atoms with Gasteiger partial charge in [-0.2, -0.15) is 0 Å². The minimum Gasteiger partial charge on any atom is -0.396 e. The van der Waals surface area contributed by atoms with E-state index in [1.54, 1.807) is 4.90 Å². The van der Waals surface area contributed by atoms with E-state index in [0.29, 0.717) is 13.0 Å². The second kappa shape index (κ2) is 6.57. The van der Waals surface area contributed by atoms with Crippen LogP contribution in [0, 0.1) is 5.92 Å². The molecular weight excluding hydrogens is 256 g/mol. The first kappa shape index (κ1) is 15.3. The van der Waals surface area contributed by atoms with Crippen LogP contribution in [0.1, 0.15) is 46.0 Å². The Balaban J connectivity index is 1.95. The number of likely N-dealkylation sites (tertiary alicyclic amines) is 2. The number of carbonyl (C=O) groups is 2. The number of aliphatic hydroxyl groups is 1. The van der Waals surface area contributed by atoms with Crippen LogP contribution in [0.15, 0.2) is 0 Å². The summed E-state index contributed by atoms with van der Waals surface area (Å²) in [4.78, 5) is 28.3. The van der Waals surface area contributed by atoms with Crippen LogP contribution in [0.5, 0.6) is 0 Å². The summed E-state index contributed by atoms with van der Waals surface area (Å²) in [5, 5.41) is 8.94. The lowest BCUT2D eigenvalue weighted by Crippen LogP contribution is -2.41. The fourth-order valence-electron chi connectivity index (χ4n) is 3.38. The van der Waals surface area contributed by atoms with Crippen LogP contribution in [-0.4, -0.2) is 58.5 Å². The highest BCUT2D eigenvalue weighted by Gasteiger charge is 2.40. The molecule has 0 aromatic heterocycles. The van der Waals surface area contributed by atoms with E-state index < -0.39 is 0 Å². The molecule has 0 spiro atoms. The van der Waals surface area contributed by atoms with Gasteiger partial charge in [0.05, 0.1) is 5.92 Å². The molecule has 114 valence electrons. The van der Waals surface area contributed by atoms with Gasteiger partial charge < -0.3 is 14.9 Å². The Labute approximate surface area is 120 Å². The van der Waals surface area contributed by atoms with Crippen molar-refractivity contribution >= 4 is 11.8 Å². The fourth-order valence-corrected chi connectivity index (χ4v) is 3.38. The minimum atomic E-state index is -0.167. The van der Waals surface area contributed by atoms with Gasteiger partial charge in [0.2, 0.25) is 11.8 Å². The third kappa shape index (κ3) is 3.14. The molecule has 0 aliphatic carbocycles. The van der Waals surface area contributed by atoms with E-state index in [1.165, 1.54) is 0 Å². The summed E-state index contributed by atoms with van der Waals surface area (Å²) < 4.78 is 0. The van der Waals surface area contributed by atoms with Gasteiger partial charge in [0.15, 0.2) is 0 Å². The van der Waals surface area contributed by atoms with Crippen molar-refractivity contribution in [3.8, 4) is 0 Å². The molecule has 2 amide bonds. The lowest BCUT2D eigenvalue weighted by molar-refractivity contribution is -0.136. The molecule has 0 aromatic rings. The van der Waals surface area contributed by atoms with Crippen molar-refractivity contribution in [3.05, 3.63) is 0 Å². The van der Waals surface area contributed by atoms with Crippen LogP contribution in [-0.2, 0) is 9.59 Å². The smallest absolute Gasteiger partial charge is 0.228 e. The van der Waals surface area contributed by atoms with E-state index in [9.17, 15) is 9.59 Å². The maximum atomic E-state index is 12.6. The Morgan fingerprint density at radius 1 is 1.45 bits per heavy atom. The molecule has 2 aliphatic rings. The molecule has 2 aliphatic heterocycles. The Bertz CT molecular complexity index is 370. The van der Waals surface area contributed by atoms with Crippen molar-refractivity contribution in [2.75, 3.05) is 19.7 Å². The summed E-state index contributed by atoms with van der Waals surface area (Å²) >= 11 is 0. The van der Waals surface area contributed by atoms with Crippen molar-refractivity contribution < 1.29 is 14.7 Å². The van der Waals surface area contributed by atoms with E-state index in [0.717, 1.165) is 32.2 Å². The lowest BCUT2D eigenvalue weighted by Gasteiger charge is -2.27. The zero-order valence-corrected chi connectivity index (χ0v) is 12.5. The maximum Gasteiger partial charge on any atom is 0.228 e. The molecule has 0 bridgehead atoms. The van der Waals surface area contributed by atoms with E-state index in [4.69, 9.17) is 5.11 Å². The number of rotatable bonds is 5. The normalized spacial score (nSPS) is 26.9. The average molecular weight is 282 g/mol. The molecule has 2 atom stereocenters. The van der Waals surface area contributed by atoms with Gasteiger partial charge in [0, 0.05) is 38.2 Å². The summed E-state index contributed by atoms with van der Waals surface area (Å²) in [6.45, 7) is 5.54. The average Bonchev–Trinajstić information content (AvgIpc) is 3.01. The molecule has 1 N–H and O–H groups in total. The number of hydrogen-bond donors (Lipinski definition) is 1. The van der Waals surface area contributed by atoms with Gasteiger partial charge in [-0.3, -0.25) is 9.59 Å². The zero-order chi connectivity index (χ0) is 14.7. The largest absolute Gasteiger partial charge is 0.396 e. The molecule has 20 heavy (non-hydrogen) atoms. The van der Waals surface area contributed by atoms with Gasteiger partial charge in [-0.05, 0) is 39.5 Å². The highest BCUT2D eigenvalue weighted by molar-refractivity contribution is 5.89. The molecule has 2 rings (SSSR count). The first-order valence-electron chi connectivity index (χ1n) is 7.75. The van der Waals surface area contributed by atoms with Crippen molar-refractivity contribution in [3.63, 3.8) is 0 Å². The Morgan fingerprint density at radius 2 is 2.20 bits per heavy atom. The fraction of sp³-hybridized carbons (Fsp3) is 0.867. The molecule has 2 unspecified atom stereocenters. The summed E-state index contributed by atoms with van der Waals surface area (Å²) in [7, 11) is 0. The molecule has 0 saturated carbocycles. The molecule has 0 aromatic carbocycles. The van der Waals surface area contributed by atoms with E-state index in [2.05, 4.69) is 0 Å². The standard InChI is InChI=1S/C15H26N2O3/c1-11(2)17-10-12(9-14(17)19)15(20)16-7-3-5-13(16)6-4-8-18/h11-13,18H,3-10H2,1-2H3. The number of amides is 2. The van der Waals surface area contributed by atoms with Gasteiger partial charge >= 0.3 is 0 Å². The Morgan fingerprint density at radius 3 is 2.80 bits per heavy atom. The minimum absolute atomic E-state index is 0.101. The SMILES string of the molecule is CC(C)N1CC(C(=O)N2CCCC2CCCO)CC1=O. The quantitative estimate of drug-likeness (QED) is 0.818. The molecule has 2 saturated heterocycles. The van der Waals surface area contributed by atoms with Crippen LogP contribution in [0.25, 0.3) is 0 Å². The topological polar surface area (TPSA) is 60.9 Å². The van der Waals surface area contributed by atoms with Crippen LogP contribution in [0.2, 0.25) is 0 Å². The number of hydrogen-bond acceptors (Lipinski definition) is 3. The lowest BCUT2D eigenvalue weighted by atomic mass is 10.0. The van der Waals surface area contributed by atoms with Gasteiger partial charge in [0.1, 0.15) is 0 Å². The summed E-state index contributed by atoms with van der Waals surface area (Å²) in [6, 6.07) is 0.432. The van der Waals surface area contributed by atoms with E-state index in [-0.39, 0.29) is 36.4 Å². The maximum absolute atomic E-state index is 12.6. The first-order valence-corrected chi connectivity index (χ1v) is 7.75. The van der Waals surface area contributed by atoms with Crippen molar-refractivity contribution in [1.29, 1.82) is 0 Å². The molecule has 5 heteroatoms. The number of nitrogens with zero attached hydrogens (tertiary/aromatic N) is 2. The third-order valence-electron chi connectivity index (χ3n) is 4.49. The third-order valence-corrected chi connectivity index (χ3v) is 4.49.